The van der Waals surface area contributed by atoms with Gasteiger partial charge in [-0.2, -0.15) is 0 Å². The molecule has 0 amide bonds. The molecular weight excluding hydrogens is 271 g/mol. The molecule has 0 radical (unpaired) electrons. The lowest BCUT2D eigenvalue weighted by molar-refractivity contribution is 0.172. The summed E-state index contributed by atoms with van der Waals surface area (Å²) in [5.74, 6) is 0. The summed E-state index contributed by atoms with van der Waals surface area (Å²) in [5.41, 5.74) is 0.298. The van der Waals surface area contributed by atoms with Gasteiger partial charge in [0.15, 0.2) is 0 Å². The van der Waals surface area contributed by atoms with Crippen molar-refractivity contribution < 1.29 is 5.11 Å². The predicted molar refractivity (Wildman–Crippen MR) is 77.5 cm³/mol. The first-order valence-electron chi connectivity index (χ1n) is 5.85. The van der Waals surface area contributed by atoms with E-state index < -0.39 is 5.54 Å². The molecule has 0 saturated carbocycles. The van der Waals surface area contributed by atoms with Crippen LogP contribution in [-0.4, -0.2) is 43.8 Å². The lowest BCUT2D eigenvalue weighted by atomic mass is 9.92. The van der Waals surface area contributed by atoms with Gasteiger partial charge in [0.05, 0.1) is 12.1 Å². The van der Waals surface area contributed by atoms with E-state index in [-0.39, 0.29) is 6.61 Å². The van der Waals surface area contributed by atoms with Crippen LogP contribution in [-0.2, 0) is 5.54 Å². The largest absolute Gasteiger partial charge is 0.394 e. The van der Waals surface area contributed by atoms with E-state index in [4.69, 9.17) is 23.2 Å². The molecule has 0 fully saturated rings. The number of nitrogens with zero attached hydrogens (tertiary/aromatic N) is 1. The van der Waals surface area contributed by atoms with Crippen molar-refractivity contribution in [1.29, 1.82) is 0 Å². The molecule has 1 unspecified atom stereocenters. The maximum Gasteiger partial charge on any atom is 0.0655 e. The number of likely N-dealkylation sites (N-methyl/N-ethyl adjacent to an activating group) is 1. The molecule has 0 aliphatic rings. The summed E-state index contributed by atoms with van der Waals surface area (Å²) in [4.78, 5) is 2.08. The van der Waals surface area contributed by atoms with E-state index in [1.165, 1.54) is 0 Å². The van der Waals surface area contributed by atoms with Crippen molar-refractivity contribution in [2.75, 3.05) is 33.8 Å². The second-order valence-corrected chi connectivity index (χ2v) is 5.69. The number of aliphatic hydroxyl groups is 1. The molecular formula is C13H20Cl2N2O. The van der Waals surface area contributed by atoms with Gasteiger partial charge in [-0.15, -0.1) is 0 Å². The van der Waals surface area contributed by atoms with Crippen LogP contribution in [0.15, 0.2) is 18.2 Å². The average molecular weight is 291 g/mol. The number of nitrogens with one attached hydrogen (secondary N) is 1. The molecule has 1 aromatic rings. The standard InChI is InChI=1S/C13H20Cl2N2O/c1-13(9-18,16-6-7-17(2)3)11-5-4-10(14)8-12(11)15/h4-5,8,16,18H,6-7,9H2,1-3H3. The summed E-state index contributed by atoms with van der Waals surface area (Å²) in [5, 5.41) is 14.1. The molecule has 5 heteroatoms. The van der Waals surface area contributed by atoms with Crippen molar-refractivity contribution in [2.45, 2.75) is 12.5 Å². The average Bonchev–Trinajstić information content (AvgIpc) is 2.28. The number of rotatable bonds is 6. The summed E-state index contributed by atoms with van der Waals surface area (Å²) in [6.07, 6.45) is 0. The second-order valence-electron chi connectivity index (χ2n) is 4.84. The molecule has 1 atom stereocenters. The molecule has 3 nitrogen and oxygen atoms in total. The van der Waals surface area contributed by atoms with Crippen LogP contribution in [0.25, 0.3) is 0 Å². The van der Waals surface area contributed by atoms with Gasteiger partial charge in [-0.25, -0.2) is 0 Å². The zero-order valence-corrected chi connectivity index (χ0v) is 12.5. The number of aliphatic hydroxyl groups excluding tert-OH is 1. The zero-order chi connectivity index (χ0) is 13.8. The molecule has 0 aliphatic heterocycles. The molecule has 2 N–H and O–H groups in total. The smallest absolute Gasteiger partial charge is 0.0655 e. The summed E-state index contributed by atoms with van der Waals surface area (Å²) < 4.78 is 0. The van der Waals surface area contributed by atoms with Crippen LogP contribution < -0.4 is 5.32 Å². The Kier molecular flexibility index (Phi) is 5.89. The van der Waals surface area contributed by atoms with Gasteiger partial charge in [-0.1, -0.05) is 29.3 Å². The van der Waals surface area contributed by atoms with Crippen LogP contribution in [0.3, 0.4) is 0 Å². The van der Waals surface area contributed by atoms with E-state index >= 15 is 0 Å². The van der Waals surface area contributed by atoms with Gasteiger partial charge in [0, 0.05) is 23.1 Å². The van der Waals surface area contributed by atoms with Gasteiger partial charge < -0.3 is 15.3 Å². The van der Waals surface area contributed by atoms with Crippen molar-refractivity contribution in [3.8, 4) is 0 Å². The Hall–Kier alpha value is -0.320. The van der Waals surface area contributed by atoms with Crippen LogP contribution in [0.1, 0.15) is 12.5 Å². The second kappa shape index (κ2) is 6.73. The fourth-order valence-electron chi connectivity index (χ4n) is 1.73. The SMILES string of the molecule is CN(C)CCNC(C)(CO)c1ccc(Cl)cc1Cl. The topological polar surface area (TPSA) is 35.5 Å². The van der Waals surface area contributed by atoms with Crippen molar-refractivity contribution in [3.05, 3.63) is 33.8 Å². The van der Waals surface area contributed by atoms with Crippen LogP contribution in [0.4, 0.5) is 0 Å². The quantitative estimate of drug-likeness (QED) is 0.844. The monoisotopic (exact) mass is 290 g/mol. The number of benzene rings is 1. The van der Waals surface area contributed by atoms with E-state index in [1.54, 1.807) is 12.1 Å². The molecule has 0 aromatic heterocycles. The molecule has 0 heterocycles. The Balaban J connectivity index is 2.85. The lowest BCUT2D eigenvalue weighted by Crippen LogP contribution is -2.45. The van der Waals surface area contributed by atoms with Crippen molar-refractivity contribution in [2.24, 2.45) is 0 Å². The van der Waals surface area contributed by atoms with Crippen LogP contribution in [0.2, 0.25) is 10.0 Å². The van der Waals surface area contributed by atoms with Gasteiger partial charge in [-0.05, 0) is 38.7 Å². The van der Waals surface area contributed by atoms with Gasteiger partial charge in [0.2, 0.25) is 0 Å². The Morgan fingerprint density at radius 2 is 2.00 bits per heavy atom. The van der Waals surface area contributed by atoms with E-state index in [0.717, 1.165) is 18.7 Å². The summed E-state index contributed by atoms with van der Waals surface area (Å²) >= 11 is 12.1. The Morgan fingerprint density at radius 1 is 1.33 bits per heavy atom. The normalized spacial score (nSPS) is 14.8. The summed E-state index contributed by atoms with van der Waals surface area (Å²) in [6.45, 7) is 3.56. The van der Waals surface area contributed by atoms with Crippen molar-refractivity contribution in [3.63, 3.8) is 0 Å². The highest BCUT2D eigenvalue weighted by Crippen LogP contribution is 2.30. The van der Waals surface area contributed by atoms with Crippen LogP contribution in [0, 0.1) is 0 Å². The third-order valence-corrected chi connectivity index (χ3v) is 3.46. The molecule has 18 heavy (non-hydrogen) atoms. The molecule has 102 valence electrons. The fourth-order valence-corrected chi connectivity index (χ4v) is 2.35. The summed E-state index contributed by atoms with van der Waals surface area (Å²) in [7, 11) is 4.01. The van der Waals surface area contributed by atoms with Crippen LogP contribution in [0.5, 0.6) is 0 Å². The van der Waals surface area contributed by atoms with Crippen molar-refractivity contribution >= 4 is 23.2 Å². The highest BCUT2D eigenvalue weighted by molar-refractivity contribution is 6.35. The van der Waals surface area contributed by atoms with Gasteiger partial charge in [0.1, 0.15) is 0 Å². The number of hydrogen-bond donors (Lipinski definition) is 2. The first-order valence-corrected chi connectivity index (χ1v) is 6.61. The van der Waals surface area contributed by atoms with Gasteiger partial charge in [0.25, 0.3) is 0 Å². The Bertz CT molecular complexity index is 399. The van der Waals surface area contributed by atoms with Gasteiger partial charge in [-0.3, -0.25) is 0 Å². The zero-order valence-electron chi connectivity index (χ0n) is 11.0. The van der Waals surface area contributed by atoms with Crippen molar-refractivity contribution in [1.82, 2.24) is 10.2 Å². The molecule has 1 rings (SSSR count). The molecule has 0 bridgehead atoms. The van der Waals surface area contributed by atoms with E-state index in [9.17, 15) is 5.11 Å². The third kappa shape index (κ3) is 4.11. The number of hydrogen-bond acceptors (Lipinski definition) is 3. The maximum atomic E-state index is 9.63. The molecule has 0 spiro atoms. The highest BCUT2D eigenvalue weighted by Gasteiger charge is 2.27. The van der Waals surface area contributed by atoms with Crippen LogP contribution >= 0.6 is 23.2 Å². The summed E-state index contributed by atoms with van der Waals surface area (Å²) in [6, 6.07) is 5.33. The number of halogens is 2. The fraction of sp³-hybridized carbons (Fsp3) is 0.538. The highest BCUT2D eigenvalue weighted by atomic mass is 35.5. The van der Waals surface area contributed by atoms with E-state index in [2.05, 4.69) is 10.2 Å². The first kappa shape index (κ1) is 15.7. The van der Waals surface area contributed by atoms with Gasteiger partial charge >= 0.3 is 0 Å². The minimum absolute atomic E-state index is 0.0260. The molecule has 0 aliphatic carbocycles. The minimum atomic E-state index is -0.558. The van der Waals surface area contributed by atoms with E-state index in [0.29, 0.717) is 10.0 Å². The molecule has 1 aromatic carbocycles. The first-order chi connectivity index (χ1) is 8.39. The Labute approximate surface area is 119 Å². The maximum absolute atomic E-state index is 9.63. The Morgan fingerprint density at radius 3 is 2.50 bits per heavy atom. The van der Waals surface area contributed by atoms with E-state index in [1.807, 2.05) is 27.1 Å². The third-order valence-electron chi connectivity index (χ3n) is 2.92. The lowest BCUT2D eigenvalue weighted by Gasteiger charge is -2.31. The molecule has 0 saturated heterocycles. The minimum Gasteiger partial charge on any atom is -0.394 e. The predicted octanol–water partition coefficient (Wildman–Crippen LogP) is 2.35.